The number of nitrogens with one attached hydrogen (secondary N) is 5. The van der Waals surface area contributed by atoms with Crippen LogP contribution in [0.2, 0.25) is 0 Å². The Kier molecular flexibility index (Phi) is 19.3. The van der Waals surface area contributed by atoms with E-state index >= 15 is 0 Å². The smallest absolute Gasteiger partial charge is 0.411 e. The van der Waals surface area contributed by atoms with Gasteiger partial charge in [-0.15, -0.1) is 0 Å². The van der Waals surface area contributed by atoms with E-state index in [4.69, 9.17) is 29.3 Å². The first-order chi connectivity index (χ1) is 38.7. The number of ether oxygens (including phenoxy) is 2. The maximum atomic E-state index is 13.3. The summed E-state index contributed by atoms with van der Waals surface area (Å²) in [6, 6.07) is 51.2. The Balaban J connectivity index is 0.000000172. The van der Waals surface area contributed by atoms with Crippen molar-refractivity contribution in [1.29, 1.82) is 10.5 Å². The number of Topliss-reactive ketones (excluding diaryl/α,β-unsaturated/α-hetero) is 2. The van der Waals surface area contributed by atoms with Gasteiger partial charge in [-0.1, -0.05) is 101 Å². The lowest BCUT2D eigenvalue weighted by molar-refractivity contribution is 0.0972. The van der Waals surface area contributed by atoms with Crippen LogP contribution in [-0.4, -0.2) is 82.3 Å². The van der Waals surface area contributed by atoms with Crippen molar-refractivity contribution in [2.45, 2.75) is 32.6 Å². The Morgan fingerprint density at radius 2 is 1.06 bits per heavy atom. The van der Waals surface area contributed by atoms with E-state index in [1.165, 1.54) is 0 Å². The highest BCUT2D eigenvalue weighted by Crippen LogP contribution is 2.29. The predicted molar refractivity (Wildman–Crippen MR) is 296 cm³/mol. The quantitative estimate of drug-likeness (QED) is 0.0285. The van der Waals surface area contributed by atoms with Gasteiger partial charge in [0.15, 0.2) is 34.6 Å². The van der Waals surface area contributed by atoms with E-state index in [0.29, 0.717) is 82.2 Å². The van der Waals surface area contributed by atoms with E-state index in [-0.39, 0.29) is 43.1 Å². The van der Waals surface area contributed by atoms with Gasteiger partial charge < -0.3 is 29.7 Å². The lowest BCUT2D eigenvalue weighted by Crippen LogP contribution is -2.14. The summed E-state index contributed by atoms with van der Waals surface area (Å²) < 4.78 is 21.8. The number of anilines is 4. The summed E-state index contributed by atoms with van der Waals surface area (Å²) in [6.45, 7) is 1.19. The van der Waals surface area contributed by atoms with Gasteiger partial charge in [-0.05, 0) is 105 Å². The van der Waals surface area contributed by atoms with Gasteiger partial charge in [0, 0.05) is 35.6 Å². The molecule has 2 amide bonds. The summed E-state index contributed by atoms with van der Waals surface area (Å²) in [6.07, 6.45) is -0.463. The van der Waals surface area contributed by atoms with Crippen LogP contribution in [0.4, 0.5) is 32.6 Å². The third-order valence-corrected chi connectivity index (χ3v) is 11.8. The van der Waals surface area contributed by atoms with Gasteiger partial charge in [0.05, 0.1) is 58.9 Å². The molecule has 23 heteroatoms. The van der Waals surface area contributed by atoms with E-state index in [9.17, 15) is 19.2 Å². The first-order valence-electron chi connectivity index (χ1n) is 24.2. The molecule has 0 atom stereocenters. The molecule has 0 aliphatic carbocycles. The van der Waals surface area contributed by atoms with Crippen LogP contribution < -0.4 is 21.3 Å². The van der Waals surface area contributed by atoms with Crippen molar-refractivity contribution in [2.24, 2.45) is 0 Å². The number of hydrogen-bond acceptors (Lipinski definition) is 18. The summed E-state index contributed by atoms with van der Waals surface area (Å²) in [5, 5.41) is 44.4. The zero-order valence-corrected chi connectivity index (χ0v) is 43.4. The van der Waals surface area contributed by atoms with Crippen LogP contribution in [0, 0.1) is 22.7 Å². The van der Waals surface area contributed by atoms with Crippen LogP contribution in [0.25, 0.3) is 45.1 Å². The lowest BCUT2D eigenvalue weighted by Gasteiger charge is -2.10. The highest BCUT2D eigenvalue weighted by Gasteiger charge is 2.23. The molecule has 10 rings (SSSR count). The summed E-state index contributed by atoms with van der Waals surface area (Å²) in [4.78, 5) is 60.8. The van der Waals surface area contributed by atoms with E-state index in [1.54, 1.807) is 53.1 Å². The number of amides is 2. The van der Waals surface area contributed by atoms with Gasteiger partial charge in [0.25, 0.3) is 0 Å². The Morgan fingerprint density at radius 3 is 1.61 bits per heavy atom. The number of hydrogen-bond donors (Lipinski definition) is 5. The highest BCUT2D eigenvalue weighted by molar-refractivity contribution is 9.09. The third-order valence-electron chi connectivity index (χ3n) is 11.3. The molecule has 0 aliphatic heterocycles. The Morgan fingerprint density at radius 1 is 0.570 bits per heavy atom. The molecule has 22 nitrogen and oxygen atoms in total. The van der Waals surface area contributed by atoms with Gasteiger partial charge in [-0.25, -0.2) is 28.8 Å². The van der Waals surface area contributed by atoms with Gasteiger partial charge in [0.2, 0.25) is 11.6 Å². The summed E-state index contributed by atoms with van der Waals surface area (Å²) in [5.74, 6) is 1.63. The molecule has 396 valence electrons. The summed E-state index contributed by atoms with van der Waals surface area (Å²) in [7, 11) is 0. The molecule has 10 aromatic rings. The van der Waals surface area contributed by atoms with Crippen molar-refractivity contribution in [3.8, 4) is 35.2 Å². The number of carbonyl (C=O) groups excluding carboxylic acids is 4. The van der Waals surface area contributed by atoms with Gasteiger partial charge >= 0.3 is 12.2 Å². The van der Waals surface area contributed by atoms with Crippen molar-refractivity contribution in [3.63, 3.8) is 0 Å². The number of rotatable bonds is 19. The first-order valence-corrected chi connectivity index (χ1v) is 25.4. The second-order valence-electron chi connectivity index (χ2n) is 16.7. The number of nitriles is 2. The Labute approximate surface area is 458 Å². The minimum absolute atomic E-state index is 0.00629. The van der Waals surface area contributed by atoms with E-state index in [2.05, 4.69) is 78.8 Å². The first kappa shape index (κ1) is 54.7. The van der Waals surface area contributed by atoms with Gasteiger partial charge in [0.1, 0.15) is 13.2 Å². The molecule has 0 bridgehead atoms. The second kappa shape index (κ2) is 27.9. The summed E-state index contributed by atoms with van der Waals surface area (Å²) in [5.41, 5.74) is 7.97. The maximum Gasteiger partial charge on any atom is 0.411 e. The second-order valence-corrected chi connectivity index (χ2v) is 17.3. The molecule has 0 fully saturated rings. The molecule has 0 saturated carbocycles. The minimum Gasteiger partial charge on any atom is -0.444 e. The van der Waals surface area contributed by atoms with Crippen molar-refractivity contribution in [2.75, 3.05) is 39.7 Å². The fraction of sp³-hybridized carbons (Fsp3) is 0.143. The fourth-order valence-electron chi connectivity index (χ4n) is 7.41. The van der Waals surface area contributed by atoms with Crippen LogP contribution in [0.3, 0.4) is 0 Å². The van der Waals surface area contributed by atoms with Gasteiger partial charge in [-0.2, -0.15) is 10.5 Å². The fourth-order valence-corrected chi connectivity index (χ4v) is 7.73. The average Bonchev–Trinajstić information content (AvgIpc) is 4.33. The monoisotopic (exact) mass is 1120 g/mol. The molecule has 4 heterocycles. The molecule has 0 radical (unpaired) electrons. The molecule has 4 aromatic heterocycles. The van der Waals surface area contributed by atoms with Crippen LogP contribution in [0.1, 0.15) is 44.7 Å². The molecule has 6 aromatic carbocycles. The molecule has 0 spiro atoms. The zero-order valence-electron chi connectivity index (χ0n) is 41.8. The largest absolute Gasteiger partial charge is 0.444 e. The minimum atomic E-state index is -0.590. The Hall–Kier alpha value is -10.5. The highest BCUT2D eigenvalue weighted by atomic mass is 79.9. The van der Waals surface area contributed by atoms with Crippen LogP contribution >= 0.6 is 15.9 Å². The SMILES string of the molecule is N#CCCNc1nonc1-c1nc2ccccc2[nH]1.N#CCCNc1nonc1-c1nc2ccccc2n1CC(=O)c1ccc(NC(=O)OCc2ccccc2)cc1.O=C(Nc1ccc(C(=O)CBr)cc1)OCc1ccccc1. The molecular weight excluding hydrogens is 1080 g/mol. The van der Waals surface area contributed by atoms with Crippen molar-refractivity contribution in [1.82, 2.24) is 40.1 Å². The van der Waals surface area contributed by atoms with E-state index < -0.39 is 12.2 Å². The van der Waals surface area contributed by atoms with Crippen molar-refractivity contribution in [3.05, 3.63) is 180 Å². The number of carbonyl (C=O) groups is 4. The lowest BCUT2D eigenvalue weighted by atomic mass is 10.1. The normalized spacial score (nSPS) is 10.4. The van der Waals surface area contributed by atoms with Crippen LogP contribution in [-0.2, 0) is 29.2 Å². The number of nitrogens with zero attached hydrogens (tertiary/aromatic N) is 9. The predicted octanol–water partition coefficient (Wildman–Crippen LogP) is 11.0. The number of fused-ring (bicyclic) bond motifs is 2. The molecule has 0 aliphatic rings. The van der Waals surface area contributed by atoms with Gasteiger partial charge in [-0.3, -0.25) is 20.2 Å². The molecule has 79 heavy (non-hydrogen) atoms. The standard InChI is InChI=1S/C28H23N7O4.C16H14BrNO3.C12H10N6O/c29-15-6-16-30-26-25(33-39-34-26)27-32-22-9-4-5-10-23(22)35(27)17-24(36)20-11-13-21(14-12-20)31-28(37)38-18-19-7-2-1-3-8-19;17-10-15(19)13-6-8-14(9-7-13)18-16(20)21-11-12-4-2-1-3-5-12;13-6-3-7-14-11-10(17-19-18-11)12-15-8-4-1-2-5-9(8)16-12/h1-5,7-14H,6,16-18H2,(H,30,34)(H,31,37);1-9H,10-11H2,(H,18,20);1-2,4-5H,3,7H2,(H,14,18)(H,15,16). The number of benzene rings is 6. The third kappa shape index (κ3) is 15.3. The van der Waals surface area contributed by atoms with Crippen LogP contribution in [0.15, 0.2) is 167 Å². The number of alkyl halides is 1. The maximum absolute atomic E-state index is 13.3. The summed E-state index contributed by atoms with van der Waals surface area (Å²) >= 11 is 3.11. The number of ketones is 2. The molecule has 5 N–H and O–H groups in total. The number of imidazole rings is 2. The molecule has 0 saturated heterocycles. The molecule has 0 unspecified atom stereocenters. The van der Waals surface area contributed by atoms with E-state index in [0.717, 1.165) is 27.7 Å². The number of aromatic nitrogens is 8. The van der Waals surface area contributed by atoms with Crippen molar-refractivity contribution >= 4 is 84.8 Å². The molecular formula is C56H47BrN14O8. The van der Waals surface area contributed by atoms with Crippen molar-refractivity contribution < 1.29 is 37.9 Å². The number of halogens is 1. The van der Waals surface area contributed by atoms with Crippen LogP contribution in [0.5, 0.6) is 0 Å². The zero-order chi connectivity index (χ0) is 55.2. The number of para-hydroxylation sites is 4. The topological polar surface area (TPSA) is 307 Å². The number of H-pyrrole nitrogens is 1. The number of aromatic amines is 1. The van der Waals surface area contributed by atoms with E-state index in [1.807, 2.05) is 115 Å². The average molecular weight is 1120 g/mol. The Bertz CT molecular complexity index is 3690.